The third kappa shape index (κ3) is 6.29. The molecule has 1 aliphatic carbocycles. The van der Waals surface area contributed by atoms with Gasteiger partial charge in [0.25, 0.3) is 5.91 Å². The van der Waals surface area contributed by atoms with Gasteiger partial charge in [-0.05, 0) is 78.4 Å². The van der Waals surface area contributed by atoms with Crippen molar-refractivity contribution < 1.29 is 26.4 Å². The lowest BCUT2D eigenvalue weighted by molar-refractivity contribution is -0.137. The van der Waals surface area contributed by atoms with Crippen LogP contribution < -0.4 is 16.0 Å². The predicted molar refractivity (Wildman–Crippen MR) is 161 cm³/mol. The van der Waals surface area contributed by atoms with Crippen LogP contribution in [0.2, 0.25) is 5.15 Å². The normalized spacial score (nSPS) is 22.6. The van der Waals surface area contributed by atoms with Gasteiger partial charge in [0.05, 0.1) is 10.5 Å². The predicted octanol–water partition coefficient (Wildman–Crippen LogP) is 4.30. The number of rotatable bonds is 8. The van der Waals surface area contributed by atoms with Crippen LogP contribution in [0.25, 0.3) is 0 Å². The molecule has 2 unspecified atom stereocenters. The molecule has 1 aromatic heterocycles. The Morgan fingerprint density at radius 3 is 2.45 bits per heavy atom. The first-order valence-corrected chi connectivity index (χ1v) is 16.1. The molecule has 6 rings (SSSR count). The van der Waals surface area contributed by atoms with Crippen molar-refractivity contribution in [3.8, 4) is 0 Å². The lowest BCUT2D eigenvalue weighted by Gasteiger charge is -2.35. The van der Waals surface area contributed by atoms with E-state index in [0.717, 1.165) is 37.3 Å². The largest absolute Gasteiger partial charge is 0.416 e. The Labute approximate surface area is 258 Å². The van der Waals surface area contributed by atoms with Crippen molar-refractivity contribution in [1.82, 2.24) is 14.2 Å². The molecule has 2 aliphatic heterocycles. The van der Waals surface area contributed by atoms with Crippen LogP contribution in [0, 0.1) is 11.3 Å². The molecule has 1 saturated carbocycles. The molecule has 3 fully saturated rings. The van der Waals surface area contributed by atoms with Crippen molar-refractivity contribution in [3.63, 3.8) is 0 Å². The summed E-state index contributed by atoms with van der Waals surface area (Å²) >= 11 is 5.81. The zero-order valence-corrected chi connectivity index (χ0v) is 25.3. The second-order valence-corrected chi connectivity index (χ2v) is 14.1. The summed E-state index contributed by atoms with van der Waals surface area (Å²) in [7, 11) is -3.87. The number of hydrogen-bond acceptors (Lipinski definition) is 7. The van der Waals surface area contributed by atoms with Gasteiger partial charge in [0.1, 0.15) is 11.0 Å². The van der Waals surface area contributed by atoms with Crippen LogP contribution in [0.3, 0.4) is 0 Å². The van der Waals surface area contributed by atoms with Crippen molar-refractivity contribution in [2.45, 2.75) is 24.0 Å². The van der Waals surface area contributed by atoms with Gasteiger partial charge in [-0.15, -0.1) is 0 Å². The van der Waals surface area contributed by atoms with Crippen LogP contribution in [0.4, 0.5) is 24.7 Å². The third-order valence-electron chi connectivity index (χ3n) is 8.80. The van der Waals surface area contributed by atoms with Crippen molar-refractivity contribution in [2.75, 3.05) is 56.0 Å². The number of fused-ring (bicyclic) bond motifs is 1. The van der Waals surface area contributed by atoms with Gasteiger partial charge in [-0.1, -0.05) is 23.7 Å². The number of piperidine rings is 1. The highest BCUT2D eigenvalue weighted by Gasteiger charge is 2.58. The molecule has 9 nitrogen and oxygen atoms in total. The highest BCUT2D eigenvalue weighted by Crippen LogP contribution is 2.57. The molecule has 3 aromatic rings. The number of sulfonamides is 1. The number of anilines is 2. The van der Waals surface area contributed by atoms with Crippen molar-refractivity contribution in [3.05, 3.63) is 82.5 Å². The number of hydrogen-bond donors (Lipinski definition) is 2. The summed E-state index contributed by atoms with van der Waals surface area (Å²) in [5.74, 6) is 0.418. The van der Waals surface area contributed by atoms with Gasteiger partial charge in [0, 0.05) is 57.1 Å². The standard InChI is InChI=1S/C30H32ClF3N6O3S/c31-26-13-22(30(32,33)34)14-27(37-26)39-8-10-40(11-9-39)44(42,43)25-6-4-24(5-7-25)36-28(41)21-3-1-2-20(12-21)16-38-17-23-15-29(23,18-35)19-38/h1-7,12-14,23H,8-11,15-19,35H2,(H,36,41). The van der Waals surface area contributed by atoms with Crippen LogP contribution in [-0.4, -0.2) is 74.3 Å². The number of carbonyl (C=O) groups excluding carboxylic acids is 1. The molecule has 2 aromatic carbocycles. The van der Waals surface area contributed by atoms with Crippen molar-refractivity contribution in [2.24, 2.45) is 17.1 Å². The van der Waals surface area contributed by atoms with Crippen LogP contribution in [-0.2, 0) is 22.7 Å². The van der Waals surface area contributed by atoms with Gasteiger partial charge in [-0.3, -0.25) is 9.69 Å². The average Bonchev–Trinajstić information content (AvgIpc) is 3.57. The van der Waals surface area contributed by atoms with E-state index < -0.39 is 21.8 Å². The van der Waals surface area contributed by atoms with Gasteiger partial charge in [0.2, 0.25) is 10.0 Å². The molecule has 3 N–H and O–H groups in total. The zero-order valence-electron chi connectivity index (χ0n) is 23.7. The second kappa shape index (κ2) is 11.6. The van der Waals surface area contributed by atoms with E-state index in [4.69, 9.17) is 17.3 Å². The van der Waals surface area contributed by atoms with E-state index in [1.807, 2.05) is 18.2 Å². The molecule has 1 amide bonds. The van der Waals surface area contributed by atoms with Gasteiger partial charge in [-0.2, -0.15) is 17.5 Å². The first kappa shape index (κ1) is 30.8. The smallest absolute Gasteiger partial charge is 0.354 e. The number of nitrogens with zero attached hydrogens (tertiary/aromatic N) is 4. The maximum Gasteiger partial charge on any atom is 0.416 e. The Bertz CT molecular complexity index is 1660. The Morgan fingerprint density at radius 2 is 1.80 bits per heavy atom. The molecular weight excluding hydrogens is 617 g/mol. The van der Waals surface area contributed by atoms with E-state index >= 15 is 0 Å². The fourth-order valence-corrected chi connectivity index (χ4v) is 7.86. The summed E-state index contributed by atoms with van der Waals surface area (Å²) in [5.41, 5.74) is 7.32. The van der Waals surface area contributed by atoms with Crippen molar-refractivity contribution in [1.29, 1.82) is 0 Å². The van der Waals surface area contributed by atoms with E-state index in [1.54, 1.807) is 11.0 Å². The van der Waals surface area contributed by atoms with Crippen LogP contribution in [0.5, 0.6) is 0 Å². The van der Waals surface area contributed by atoms with Gasteiger partial charge < -0.3 is 16.0 Å². The minimum Gasteiger partial charge on any atom is -0.354 e. The molecule has 44 heavy (non-hydrogen) atoms. The average molecular weight is 649 g/mol. The summed E-state index contributed by atoms with van der Waals surface area (Å²) in [4.78, 5) is 21.0. The minimum atomic E-state index is -4.58. The molecule has 3 heterocycles. The van der Waals surface area contributed by atoms with Crippen LogP contribution >= 0.6 is 11.6 Å². The summed E-state index contributed by atoms with van der Waals surface area (Å²) < 4.78 is 67.5. The summed E-state index contributed by atoms with van der Waals surface area (Å²) in [5, 5.41) is 2.54. The molecule has 2 saturated heterocycles. The number of piperazine rings is 1. The van der Waals surface area contributed by atoms with Crippen LogP contribution in [0.15, 0.2) is 65.6 Å². The monoisotopic (exact) mass is 648 g/mol. The first-order valence-electron chi connectivity index (χ1n) is 14.3. The zero-order chi connectivity index (χ0) is 31.3. The Kier molecular flexibility index (Phi) is 8.12. The molecule has 2 atom stereocenters. The van der Waals surface area contributed by atoms with Crippen molar-refractivity contribution >= 4 is 39.0 Å². The number of alkyl halides is 3. The van der Waals surface area contributed by atoms with Gasteiger partial charge in [-0.25, -0.2) is 13.4 Å². The van der Waals surface area contributed by atoms with Gasteiger partial charge in [0.15, 0.2) is 0 Å². The van der Waals surface area contributed by atoms with E-state index in [2.05, 4.69) is 15.2 Å². The number of halogens is 4. The number of likely N-dealkylation sites (tertiary alicyclic amines) is 1. The molecule has 234 valence electrons. The number of pyridine rings is 1. The maximum atomic E-state index is 13.3. The van der Waals surface area contributed by atoms with Gasteiger partial charge >= 0.3 is 6.18 Å². The lowest BCUT2D eigenvalue weighted by atomic mass is 10.1. The second-order valence-electron chi connectivity index (χ2n) is 11.7. The Hall–Kier alpha value is -3.23. The fourth-order valence-electron chi connectivity index (χ4n) is 6.24. The maximum absolute atomic E-state index is 13.3. The molecule has 3 aliphatic rings. The Morgan fingerprint density at radius 1 is 1.07 bits per heavy atom. The van der Waals surface area contributed by atoms with E-state index in [9.17, 15) is 26.4 Å². The molecule has 14 heteroatoms. The van der Waals surface area contributed by atoms with Crippen LogP contribution in [0.1, 0.15) is 27.9 Å². The lowest BCUT2D eigenvalue weighted by Crippen LogP contribution is -2.49. The molecule has 0 spiro atoms. The number of amides is 1. The number of aromatic nitrogens is 1. The summed E-state index contributed by atoms with van der Waals surface area (Å²) in [6, 6.07) is 15.0. The number of nitrogens with two attached hydrogens (primary N) is 1. The number of carbonyl (C=O) groups is 1. The number of nitrogens with one attached hydrogen (secondary N) is 1. The SMILES string of the molecule is NCC12CC1CN(Cc1cccc(C(=O)Nc3ccc(S(=O)(=O)N4CCN(c5cc(C(F)(F)F)cc(Cl)n5)CC4)cc3)c1)C2. The molecule has 0 radical (unpaired) electrons. The number of benzene rings is 2. The quantitative estimate of drug-likeness (QED) is 0.351. The van der Waals surface area contributed by atoms with E-state index in [-0.39, 0.29) is 53.4 Å². The Balaban J connectivity index is 1.05. The summed E-state index contributed by atoms with van der Waals surface area (Å²) in [6.45, 7) is 3.87. The fraction of sp³-hybridized carbons (Fsp3) is 0.400. The van der Waals surface area contributed by atoms with E-state index in [0.29, 0.717) is 23.7 Å². The minimum absolute atomic E-state index is 0.0416. The third-order valence-corrected chi connectivity index (χ3v) is 10.9. The molecular formula is C30H32ClF3N6O3S. The topological polar surface area (TPSA) is 112 Å². The van der Waals surface area contributed by atoms with E-state index in [1.165, 1.54) is 35.0 Å². The first-order chi connectivity index (χ1) is 20.9. The highest BCUT2D eigenvalue weighted by molar-refractivity contribution is 7.89. The molecule has 0 bridgehead atoms. The highest BCUT2D eigenvalue weighted by atomic mass is 35.5. The summed E-state index contributed by atoms with van der Waals surface area (Å²) in [6.07, 6.45) is -3.37.